The predicted molar refractivity (Wildman–Crippen MR) is 60.9 cm³/mol. The Balaban J connectivity index is 2.12. The molecule has 2 aromatic heterocycles. The molecule has 90 valence electrons. The smallest absolute Gasteiger partial charge is 0.371 e. The Morgan fingerprint density at radius 2 is 2.35 bits per heavy atom. The number of carboxylic acid groups (broad SMARTS) is 1. The molecule has 17 heavy (non-hydrogen) atoms. The largest absolute Gasteiger partial charge is 0.475 e. The van der Waals surface area contributed by atoms with Gasteiger partial charge in [-0.3, -0.25) is 0 Å². The van der Waals surface area contributed by atoms with Crippen molar-refractivity contribution in [1.82, 2.24) is 14.8 Å². The molecule has 0 aromatic carbocycles. The van der Waals surface area contributed by atoms with Gasteiger partial charge in [-0.25, -0.2) is 14.5 Å². The molecule has 1 unspecified atom stereocenters. The van der Waals surface area contributed by atoms with Crippen molar-refractivity contribution in [2.24, 2.45) is 7.05 Å². The molecule has 0 aliphatic heterocycles. The van der Waals surface area contributed by atoms with Crippen LogP contribution in [0.5, 0.6) is 0 Å². The second-order valence-electron chi connectivity index (χ2n) is 3.43. The lowest BCUT2D eigenvalue weighted by Gasteiger charge is -2.06. The van der Waals surface area contributed by atoms with Crippen molar-refractivity contribution < 1.29 is 14.3 Å². The highest BCUT2D eigenvalue weighted by Gasteiger charge is 2.16. The molecule has 6 nitrogen and oxygen atoms in total. The van der Waals surface area contributed by atoms with Gasteiger partial charge < -0.3 is 9.52 Å². The van der Waals surface area contributed by atoms with E-state index in [2.05, 4.69) is 10.1 Å². The molecular weight excluding hydrogens is 242 g/mol. The van der Waals surface area contributed by atoms with Gasteiger partial charge in [0, 0.05) is 7.05 Å². The summed E-state index contributed by atoms with van der Waals surface area (Å²) in [5.41, 5.74) is 0. The summed E-state index contributed by atoms with van der Waals surface area (Å²) >= 11 is 1.46. The van der Waals surface area contributed by atoms with Crippen molar-refractivity contribution in [1.29, 1.82) is 0 Å². The summed E-state index contributed by atoms with van der Waals surface area (Å²) < 4.78 is 6.87. The van der Waals surface area contributed by atoms with Crippen LogP contribution in [0.25, 0.3) is 0 Å². The fraction of sp³-hybridized carbons (Fsp3) is 0.300. The van der Waals surface area contributed by atoms with Crippen LogP contribution in [0.1, 0.15) is 28.5 Å². The van der Waals surface area contributed by atoms with Crippen LogP contribution in [-0.2, 0) is 7.05 Å². The van der Waals surface area contributed by atoms with Gasteiger partial charge in [-0.1, -0.05) is 11.8 Å². The highest BCUT2D eigenvalue weighted by molar-refractivity contribution is 7.99. The first-order valence-corrected chi connectivity index (χ1v) is 5.79. The molecule has 2 rings (SSSR count). The topological polar surface area (TPSA) is 81.2 Å². The number of furan rings is 1. The average Bonchev–Trinajstić information content (AvgIpc) is 2.88. The maximum absolute atomic E-state index is 10.7. The van der Waals surface area contributed by atoms with Crippen LogP contribution >= 0.6 is 11.8 Å². The Kier molecular flexibility index (Phi) is 3.19. The van der Waals surface area contributed by atoms with Crippen LogP contribution in [0.4, 0.5) is 0 Å². The molecule has 0 spiro atoms. The molecule has 0 saturated carbocycles. The number of thioether (sulfide) groups is 1. The Hall–Kier alpha value is -1.76. The number of carboxylic acids is 1. The van der Waals surface area contributed by atoms with Crippen LogP contribution in [0, 0.1) is 0 Å². The van der Waals surface area contributed by atoms with Crippen molar-refractivity contribution in [3.05, 3.63) is 30.0 Å². The van der Waals surface area contributed by atoms with Gasteiger partial charge in [-0.15, -0.1) is 0 Å². The third-order valence-electron chi connectivity index (χ3n) is 2.19. The van der Waals surface area contributed by atoms with Gasteiger partial charge in [0.05, 0.1) is 5.25 Å². The van der Waals surface area contributed by atoms with E-state index < -0.39 is 5.97 Å². The van der Waals surface area contributed by atoms with E-state index in [9.17, 15) is 4.79 Å². The van der Waals surface area contributed by atoms with Crippen molar-refractivity contribution in [3.63, 3.8) is 0 Å². The number of rotatable bonds is 4. The van der Waals surface area contributed by atoms with Gasteiger partial charge in [0.15, 0.2) is 5.16 Å². The van der Waals surface area contributed by atoms with E-state index in [4.69, 9.17) is 9.52 Å². The van der Waals surface area contributed by atoms with E-state index >= 15 is 0 Å². The van der Waals surface area contributed by atoms with E-state index in [0.717, 1.165) is 5.16 Å². The summed E-state index contributed by atoms with van der Waals surface area (Å²) in [6.45, 7) is 1.92. The molecule has 7 heteroatoms. The fourth-order valence-electron chi connectivity index (χ4n) is 1.29. The van der Waals surface area contributed by atoms with Crippen molar-refractivity contribution >= 4 is 17.7 Å². The summed E-state index contributed by atoms with van der Waals surface area (Å²) in [7, 11) is 1.80. The molecule has 0 aliphatic carbocycles. The van der Waals surface area contributed by atoms with Crippen LogP contribution in [-0.4, -0.2) is 25.8 Å². The molecule has 1 N–H and O–H groups in total. The minimum atomic E-state index is -1.06. The molecular formula is C10H11N3O3S. The average molecular weight is 253 g/mol. The third kappa shape index (κ3) is 2.50. The highest BCUT2D eigenvalue weighted by atomic mass is 32.2. The van der Waals surface area contributed by atoms with Gasteiger partial charge in [0.25, 0.3) is 0 Å². The first-order valence-electron chi connectivity index (χ1n) is 4.91. The van der Waals surface area contributed by atoms with Gasteiger partial charge in [-0.2, -0.15) is 5.10 Å². The normalized spacial score (nSPS) is 12.6. The SMILES string of the molecule is CC(Sc1ncnn1C)c1ccc(C(=O)O)o1. The Labute approximate surface area is 102 Å². The summed E-state index contributed by atoms with van der Waals surface area (Å²) in [6.07, 6.45) is 1.47. The number of aromatic nitrogens is 3. The van der Waals surface area contributed by atoms with Gasteiger partial charge in [0.2, 0.25) is 5.76 Å². The molecule has 0 fully saturated rings. The molecule has 0 bridgehead atoms. The quantitative estimate of drug-likeness (QED) is 0.839. The number of hydrogen-bond acceptors (Lipinski definition) is 5. The van der Waals surface area contributed by atoms with E-state index in [1.165, 1.54) is 24.2 Å². The number of carbonyl (C=O) groups is 1. The van der Waals surface area contributed by atoms with Crippen LogP contribution in [0.3, 0.4) is 0 Å². The molecule has 0 saturated heterocycles. The maximum atomic E-state index is 10.7. The lowest BCUT2D eigenvalue weighted by Crippen LogP contribution is -1.95. The predicted octanol–water partition coefficient (Wildman–Crippen LogP) is 1.96. The van der Waals surface area contributed by atoms with Gasteiger partial charge in [0.1, 0.15) is 12.1 Å². The highest BCUT2D eigenvalue weighted by Crippen LogP contribution is 2.33. The van der Waals surface area contributed by atoms with Gasteiger partial charge in [-0.05, 0) is 19.1 Å². The van der Waals surface area contributed by atoms with Crippen molar-refractivity contribution in [3.8, 4) is 0 Å². The lowest BCUT2D eigenvalue weighted by molar-refractivity contribution is 0.0660. The van der Waals surface area contributed by atoms with Crippen LogP contribution in [0.2, 0.25) is 0 Å². The number of hydrogen-bond donors (Lipinski definition) is 1. The zero-order valence-electron chi connectivity index (χ0n) is 9.32. The molecule has 2 heterocycles. The Morgan fingerprint density at radius 1 is 1.59 bits per heavy atom. The summed E-state index contributed by atoms with van der Waals surface area (Å²) in [5, 5.41) is 13.4. The second kappa shape index (κ2) is 4.62. The molecule has 0 amide bonds. The monoisotopic (exact) mass is 253 g/mol. The molecule has 0 radical (unpaired) electrons. The zero-order chi connectivity index (χ0) is 12.4. The van der Waals surface area contributed by atoms with E-state index in [1.807, 2.05) is 6.92 Å². The molecule has 1 atom stereocenters. The summed E-state index contributed by atoms with van der Waals surface area (Å²) in [4.78, 5) is 14.8. The number of nitrogens with zero attached hydrogens (tertiary/aromatic N) is 3. The summed E-state index contributed by atoms with van der Waals surface area (Å²) in [6, 6.07) is 3.11. The third-order valence-corrected chi connectivity index (χ3v) is 3.36. The molecule has 2 aromatic rings. The Bertz CT molecular complexity index is 534. The van der Waals surface area contributed by atoms with Crippen LogP contribution < -0.4 is 0 Å². The van der Waals surface area contributed by atoms with E-state index in [1.54, 1.807) is 17.8 Å². The van der Waals surface area contributed by atoms with E-state index in [-0.39, 0.29) is 11.0 Å². The number of aryl methyl sites for hydroxylation is 1. The minimum absolute atomic E-state index is 0.0222. The number of aromatic carboxylic acids is 1. The first kappa shape index (κ1) is 11.7. The fourth-order valence-corrected chi connectivity index (χ4v) is 2.16. The van der Waals surface area contributed by atoms with Crippen LogP contribution in [0.15, 0.2) is 28.0 Å². The van der Waals surface area contributed by atoms with Gasteiger partial charge >= 0.3 is 5.97 Å². The maximum Gasteiger partial charge on any atom is 0.371 e. The zero-order valence-corrected chi connectivity index (χ0v) is 10.1. The minimum Gasteiger partial charge on any atom is -0.475 e. The second-order valence-corrected chi connectivity index (χ2v) is 4.74. The summed E-state index contributed by atoms with van der Waals surface area (Å²) in [5.74, 6) is -0.507. The lowest BCUT2D eigenvalue weighted by atomic mass is 10.3. The van der Waals surface area contributed by atoms with Crippen molar-refractivity contribution in [2.75, 3.05) is 0 Å². The molecule has 0 aliphatic rings. The van der Waals surface area contributed by atoms with E-state index in [0.29, 0.717) is 5.76 Å². The standard InChI is InChI=1S/C10H11N3O3S/c1-6(17-10-11-5-12-13(10)2)7-3-4-8(16-7)9(14)15/h3-6H,1-2H3,(H,14,15). The van der Waals surface area contributed by atoms with Crippen molar-refractivity contribution in [2.45, 2.75) is 17.3 Å². The first-order chi connectivity index (χ1) is 8.08. The Morgan fingerprint density at radius 3 is 2.88 bits per heavy atom.